The second-order valence-electron chi connectivity index (χ2n) is 6.07. The van der Waals surface area contributed by atoms with E-state index in [1.54, 1.807) is 12.1 Å². The second-order valence-corrected chi connectivity index (χ2v) is 8.05. The molecule has 0 heterocycles. The Morgan fingerprint density at radius 3 is 2.11 bits per heavy atom. The summed E-state index contributed by atoms with van der Waals surface area (Å²) in [5.41, 5.74) is 2.01. The van der Waals surface area contributed by atoms with E-state index in [1.165, 1.54) is 0 Å². The van der Waals surface area contributed by atoms with Gasteiger partial charge in [-0.05, 0) is 23.8 Å². The van der Waals surface area contributed by atoms with Crippen molar-refractivity contribution < 1.29 is 23.5 Å². The highest BCUT2D eigenvalue weighted by molar-refractivity contribution is 7.52. The Hall–Kier alpha value is -2.59. The van der Waals surface area contributed by atoms with Crippen LogP contribution in [0.4, 0.5) is 0 Å². The maximum Gasteiger partial charge on any atom is 0.331 e. The van der Waals surface area contributed by atoms with Crippen molar-refractivity contribution >= 4 is 7.60 Å². The van der Waals surface area contributed by atoms with Crippen LogP contribution in [0.3, 0.4) is 0 Å². The standard InChI is InChI=1S/C22H23O5P/c23-28(24,18-17-25-20-11-5-2-6-12-20)27-16-15-26-22-14-8-7-13-21(22)19-9-3-1-4-10-19/h1-14H,15-18H2,(H,23,24). The van der Waals surface area contributed by atoms with Gasteiger partial charge in [-0.2, -0.15) is 0 Å². The van der Waals surface area contributed by atoms with Crippen molar-refractivity contribution in [2.24, 2.45) is 0 Å². The molecule has 0 saturated carbocycles. The number of rotatable bonds is 10. The fourth-order valence-electron chi connectivity index (χ4n) is 2.64. The molecule has 0 amide bonds. The molecule has 0 bridgehead atoms. The lowest BCUT2D eigenvalue weighted by atomic mass is 10.1. The third-order valence-corrected chi connectivity index (χ3v) is 5.33. The molecule has 28 heavy (non-hydrogen) atoms. The van der Waals surface area contributed by atoms with Gasteiger partial charge in [-0.15, -0.1) is 0 Å². The summed E-state index contributed by atoms with van der Waals surface area (Å²) < 4.78 is 28.5. The van der Waals surface area contributed by atoms with Gasteiger partial charge in [0, 0.05) is 5.56 Å². The van der Waals surface area contributed by atoms with E-state index >= 15 is 0 Å². The molecule has 0 saturated heterocycles. The minimum atomic E-state index is -3.73. The fourth-order valence-corrected chi connectivity index (χ4v) is 3.45. The summed E-state index contributed by atoms with van der Waals surface area (Å²) >= 11 is 0. The number of hydrogen-bond donors (Lipinski definition) is 1. The Bertz CT molecular complexity index is 899. The molecule has 0 fully saturated rings. The molecule has 0 aliphatic carbocycles. The first kappa shape index (κ1) is 20.2. The van der Waals surface area contributed by atoms with Gasteiger partial charge in [-0.3, -0.25) is 4.57 Å². The van der Waals surface area contributed by atoms with E-state index in [4.69, 9.17) is 14.0 Å². The first-order valence-electron chi connectivity index (χ1n) is 9.05. The maximum atomic E-state index is 12.1. The third kappa shape index (κ3) is 6.24. The molecule has 1 unspecified atom stereocenters. The first-order valence-corrected chi connectivity index (χ1v) is 10.8. The summed E-state index contributed by atoms with van der Waals surface area (Å²) in [6.07, 6.45) is -0.0809. The molecule has 3 aromatic carbocycles. The Morgan fingerprint density at radius 1 is 0.714 bits per heavy atom. The zero-order valence-electron chi connectivity index (χ0n) is 15.4. The van der Waals surface area contributed by atoms with Gasteiger partial charge in [0.2, 0.25) is 0 Å². The fraction of sp³-hybridized carbons (Fsp3) is 0.182. The van der Waals surface area contributed by atoms with Crippen LogP contribution in [-0.4, -0.2) is 30.9 Å². The van der Waals surface area contributed by atoms with E-state index in [0.717, 1.165) is 11.1 Å². The van der Waals surface area contributed by atoms with Gasteiger partial charge in [0.05, 0.1) is 19.4 Å². The van der Waals surface area contributed by atoms with Crippen LogP contribution >= 0.6 is 7.60 Å². The highest BCUT2D eigenvalue weighted by atomic mass is 31.2. The minimum Gasteiger partial charge on any atom is -0.493 e. The van der Waals surface area contributed by atoms with Gasteiger partial charge in [-0.25, -0.2) is 0 Å². The minimum absolute atomic E-state index is 0.0161. The van der Waals surface area contributed by atoms with Crippen molar-refractivity contribution in [1.82, 2.24) is 0 Å². The Kier molecular flexibility index (Phi) is 7.26. The van der Waals surface area contributed by atoms with Gasteiger partial charge in [0.25, 0.3) is 0 Å². The van der Waals surface area contributed by atoms with Crippen molar-refractivity contribution in [3.05, 3.63) is 84.9 Å². The highest BCUT2D eigenvalue weighted by Crippen LogP contribution is 2.41. The summed E-state index contributed by atoms with van der Waals surface area (Å²) in [7, 11) is -3.73. The highest BCUT2D eigenvalue weighted by Gasteiger charge is 2.19. The zero-order chi connectivity index (χ0) is 19.7. The van der Waals surface area contributed by atoms with Crippen LogP contribution < -0.4 is 9.47 Å². The van der Waals surface area contributed by atoms with Crippen LogP contribution in [-0.2, 0) is 9.09 Å². The molecule has 0 radical (unpaired) electrons. The molecule has 3 aromatic rings. The Balaban J connectivity index is 1.45. The number of para-hydroxylation sites is 2. The molecule has 3 rings (SSSR count). The summed E-state index contributed by atoms with van der Waals surface area (Å²) in [4.78, 5) is 9.92. The third-order valence-electron chi connectivity index (χ3n) is 3.99. The summed E-state index contributed by atoms with van der Waals surface area (Å²) in [5, 5.41) is 0. The van der Waals surface area contributed by atoms with Crippen molar-refractivity contribution in [2.75, 3.05) is 26.0 Å². The van der Waals surface area contributed by atoms with Crippen molar-refractivity contribution in [3.63, 3.8) is 0 Å². The number of ether oxygens (including phenoxy) is 2. The van der Waals surface area contributed by atoms with Crippen LogP contribution in [0.1, 0.15) is 0 Å². The molecule has 1 atom stereocenters. The smallest absolute Gasteiger partial charge is 0.331 e. The molecule has 0 aliphatic rings. The SMILES string of the molecule is O=P(O)(CCOc1ccccc1)OCCOc1ccccc1-c1ccccc1. The van der Waals surface area contributed by atoms with Crippen molar-refractivity contribution in [2.45, 2.75) is 0 Å². The van der Waals surface area contributed by atoms with Crippen LogP contribution in [0, 0.1) is 0 Å². The Labute approximate surface area is 165 Å². The zero-order valence-corrected chi connectivity index (χ0v) is 16.3. The van der Waals surface area contributed by atoms with E-state index in [1.807, 2.05) is 72.8 Å². The first-order chi connectivity index (χ1) is 13.6. The molecule has 1 N–H and O–H groups in total. The van der Waals surface area contributed by atoms with Gasteiger partial charge in [-0.1, -0.05) is 66.7 Å². The number of benzene rings is 3. The lowest BCUT2D eigenvalue weighted by Crippen LogP contribution is -2.10. The average Bonchev–Trinajstić information content (AvgIpc) is 2.73. The van der Waals surface area contributed by atoms with E-state index in [0.29, 0.717) is 11.5 Å². The second kappa shape index (κ2) is 10.1. The van der Waals surface area contributed by atoms with E-state index < -0.39 is 7.60 Å². The van der Waals surface area contributed by atoms with Gasteiger partial charge in [0.1, 0.15) is 18.1 Å². The normalized spacial score (nSPS) is 12.9. The molecule has 0 aliphatic heterocycles. The van der Waals surface area contributed by atoms with Gasteiger partial charge < -0.3 is 18.9 Å². The molecular formula is C22H23O5P. The quantitative estimate of drug-likeness (QED) is 0.384. The van der Waals surface area contributed by atoms with Crippen LogP contribution in [0.15, 0.2) is 84.9 Å². The van der Waals surface area contributed by atoms with E-state index in [2.05, 4.69) is 0 Å². The lowest BCUT2D eigenvalue weighted by Gasteiger charge is -2.15. The lowest BCUT2D eigenvalue weighted by molar-refractivity contribution is 0.193. The molecule has 6 heteroatoms. The predicted octanol–water partition coefficient (Wildman–Crippen LogP) is 5.01. The van der Waals surface area contributed by atoms with Crippen LogP contribution in [0.25, 0.3) is 11.1 Å². The molecule has 0 spiro atoms. The van der Waals surface area contributed by atoms with E-state index in [9.17, 15) is 9.46 Å². The molecule has 0 aromatic heterocycles. The summed E-state index contributed by atoms with van der Waals surface area (Å²) in [6, 6.07) is 26.7. The van der Waals surface area contributed by atoms with Gasteiger partial charge >= 0.3 is 7.60 Å². The summed E-state index contributed by atoms with van der Waals surface area (Å²) in [6.45, 7) is 0.297. The molecule has 146 valence electrons. The van der Waals surface area contributed by atoms with Crippen molar-refractivity contribution in [3.8, 4) is 22.6 Å². The average molecular weight is 398 g/mol. The largest absolute Gasteiger partial charge is 0.493 e. The maximum absolute atomic E-state index is 12.1. The molecular weight excluding hydrogens is 375 g/mol. The molecule has 5 nitrogen and oxygen atoms in total. The van der Waals surface area contributed by atoms with Gasteiger partial charge in [0.15, 0.2) is 0 Å². The summed E-state index contributed by atoms with van der Waals surface area (Å²) in [5.74, 6) is 1.36. The number of hydrogen-bond acceptors (Lipinski definition) is 4. The predicted molar refractivity (Wildman–Crippen MR) is 110 cm³/mol. The monoisotopic (exact) mass is 398 g/mol. The van der Waals surface area contributed by atoms with Crippen molar-refractivity contribution in [1.29, 1.82) is 0 Å². The van der Waals surface area contributed by atoms with Crippen LogP contribution in [0.5, 0.6) is 11.5 Å². The Morgan fingerprint density at radius 2 is 1.36 bits per heavy atom. The van der Waals surface area contributed by atoms with Crippen LogP contribution in [0.2, 0.25) is 0 Å². The topological polar surface area (TPSA) is 65.0 Å². The van der Waals surface area contributed by atoms with E-state index in [-0.39, 0.29) is 26.0 Å².